The van der Waals surface area contributed by atoms with Crippen molar-refractivity contribution in [3.63, 3.8) is 0 Å². The van der Waals surface area contributed by atoms with Crippen LogP contribution >= 0.6 is 24.0 Å². The number of aliphatic hydroxyl groups excluding tert-OH is 1. The molecule has 0 unspecified atom stereocenters. The van der Waals surface area contributed by atoms with Crippen LogP contribution in [0, 0.1) is 0 Å². The molecule has 0 atom stereocenters. The summed E-state index contributed by atoms with van der Waals surface area (Å²) in [5, 5.41) is 16.3. The van der Waals surface area contributed by atoms with Crippen LogP contribution in [0.2, 0.25) is 0 Å². The Hall–Kier alpha value is -1.22. The summed E-state index contributed by atoms with van der Waals surface area (Å²) in [6.07, 6.45) is 3.53. The van der Waals surface area contributed by atoms with E-state index >= 15 is 0 Å². The van der Waals surface area contributed by atoms with Crippen molar-refractivity contribution < 1.29 is 14.6 Å². The Morgan fingerprint density at radius 2 is 1.96 bits per heavy atom. The van der Waals surface area contributed by atoms with E-state index in [4.69, 9.17) is 9.47 Å². The first-order valence-corrected chi connectivity index (χ1v) is 8.71. The first-order chi connectivity index (χ1) is 11.7. The van der Waals surface area contributed by atoms with Crippen molar-refractivity contribution in [2.45, 2.75) is 44.8 Å². The molecule has 0 radical (unpaired) electrons. The van der Waals surface area contributed by atoms with Crippen molar-refractivity contribution in [1.29, 1.82) is 0 Å². The van der Waals surface area contributed by atoms with Crippen LogP contribution in [0.4, 0.5) is 0 Å². The Balaban J connectivity index is 0.00000312. The zero-order valence-corrected chi connectivity index (χ0v) is 17.4. The first-order valence-electron chi connectivity index (χ1n) is 8.71. The van der Waals surface area contributed by atoms with Gasteiger partial charge < -0.3 is 25.2 Å². The van der Waals surface area contributed by atoms with Crippen molar-refractivity contribution in [3.8, 4) is 11.5 Å². The van der Waals surface area contributed by atoms with Gasteiger partial charge in [0, 0.05) is 18.7 Å². The summed E-state index contributed by atoms with van der Waals surface area (Å²) in [6.45, 7) is 3.95. The Morgan fingerprint density at radius 3 is 2.64 bits per heavy atom. The highest BCUT2D eigenvalue weighted by molar-refractivity contribution is 14.0. The molecular formula is C18H30IN3O3. The molecular weight excluding hydrogens is 433 g/mol. The topological polar surface area (TPSA) is 75.1 Å². The van der Waals surface area contributed by atoms with Crippen LogP contribution in [0.1, 0.15) is 32.6 Å². The fourth-order valence-corrected chi connectivity index (χ4v) is 2.75. The van der Waals surface area contributed by atoms with E-state index in [1.807, 2.05) is 24.3 Å². The second-order valence-electron chi connectivity index (χ2n) is 5.94. The molecule has 0 bridgehead atoms. The summed E-state index contributed by atoms with van der Waals surface area (Å²) >= 11 is 0. The molecule has 6 nitrogen and oxygen atoms in total. The number of hydrogen-bond donors (Lipinski definition) is 3. The minimum atomic E-state index is -0.140. The molecule has 0 saturated heterocycles. The highest BCUT2D eigenvalue weighted by atomic mass is 127. The number of nitrogens with zero attached hydrogens (tertiary/aromatic N) is 1. The van der Waals surface area contributed by atoms with E-state index in [2.05, 4.69) is 22.5 Å². The lowest BCUT2D eigenvalue weighted by Crippen LogP contribution is -2.45. The number of ether oxygens (including phenoxy) is 2. The smallest absolute Gasteiger partial charge is 0.191 e. The molecule has 1 fully saturated rings. The third kappa shape index (κ3) is 8.13. The van der Waals surface area contributed by atoms with E-state index in [9.17, 15) is 5.11 Å². The van der Waals surface area contributed by atoms with Crippen LogP contribution in [0.3, 0.4) is 0 Å². The normalized spacial score (nSPS) is 20.4. The number of guanidine groups is 1. The predicted molar refractivity (Wildman–Crippen MR) is 111 cm³/mol. The summed E-state index contributed by atoms with van der Waals surface area (Å²) < 4.78 is 10.9. The quantitative estimate of drug-likeness (QED) is 0.251. The van der Waals surface area contributed by atoms with Crippen molar-refractivity contribution >= 4 is 29.9 Å². The van der Waals surface area contributed by atoms with Gasteiger partial charge in [0.2, 0.25) is 0 Å². The largest absolute Gasteiger partial charge is 0.497 e. The lowest BCUT2D eigenvalue weighted by atomic mass is 9.93. The SMILES string of the molecule is CCNC(=NCCOc1cccc(OC)c1)NC1CCC(O)CC1.I. The molecule has 1 aromatic carbocycles. The summed E-state index contributed by atoms with van der Waals surface area (Å²) in [4.78, 5) is 4.56. The van der Waals surface area contributed by atoms with E-state index in [0.717, 1.165) is 49.7 Å². The van der Waals surface area contributed by atoms with Crippen LogP contribution in [0.5, 0.6) is 11.5 Å². The van der Waals surface area contributed by atoms with Gasteiger partial charge in [0.25, 0.3) is 0 Å². The lowest BCUT2D eigenvalue weighted by Gasteiger charge is -2.27. The van der Waals surface area contributed by atoms with Gasteiger partial charge in [-0.25, -0.2) is 4.99 Å². The number of aliphatic hydroxyl groups is 1. The molecule has 1 aromatic rings. The molecule has 0 heterocycles. The van der Waals surface area contributed by atoms with Crippen LogP contribution in [0.15, 0.2) is 29.3 Å². The van der Waals surface area contributed by atoms with Gasteiger partial charge in [-0.2, -0.15) is 0 Å². The lowest BCUT2D eigenvalue weighted by molar-refractivity contribution is 0.120. The van der Waals surface area contributed by atoms with Gasteiger partial charge in [-0.15, -0.1) is 24.0 Å². The van der Waals surface area contributed by atoms with Crippen LogP contribution < -0.4 is 20.1 Å². The van der Waals surface area contributed by atoms with Crippen molar-refractivity contribution in [2.75, 3.05) is 26.8 Å². The number of methoxy groups -OCH3 is 1. The molecule has 25 heavy (non-hydrogen) atoms. The fourth-order valence-electron chi connectivity index (χ4n) is 2.75. The van der Waals surface area contributed by atoms with E-state index in [0.29, 0.717) is 19.2 Å². The number of aliphatic imine (C=N–C) groups is 1. The van der Waals surface area contributed by atoms with Crippen molar-refractivity contribution in [2.24, 2.45) is 4.99 Å². The minimum Gasteiger partial charge on any atom is -0.497 e. The van der Waals surface area contributed by atoms with Gasteiger partial charge >= 0.3 is 0 Å². The van der Waals surface area contributed by atoms with Crippen molar-refractivity contribution in [3.05, 3.63) is 24.3 Å². The Morgan fingerprint density at radius 1 is 1.24 bits per heavy atom. The van der Waals surface area contributed by atoms with Gasteiger partial charge in [0.1, 0.15) is 18.1 Å². The monoisotopic (exact) mass is 463 g/mol. The van der Waals surface area contributed by atoms with E-state index in [-0.39, 0.29) is 30.1 Å². The van der Waals surface area contributed by atoms with Gasteiger partial charge in [-0.05, 0) is 44.7 Å². The number of halogens is 1. The first kappa shape index (κ1) is 21.8. The Labute approximate surface area is 167 Å². The number of rotatable bonds is 7. The van der Waals surface area contributed by atoms with E-state index in [1.165, 1.54) is 0 Å². The number of hydrogen-bond acceptors (Lipinski definition) is 4. The van der Waals surface area contributed by atoms with E-state index < -0.39 is 0 Å². The zero-order chi connectivity index (χ0) is 17.2. The maximum absolute atomic E-state index is 9.58. The standard InChI is InChI=1S/C18H29N3O3.HI/c1-3-19-18(21-14-7-9-15(22)10-8-14)20-11-12-24-17-6-4-5-16(13-17)23-2;/h4-6,13-15,22H,3,7-12H2,1-2H3,(H2,19,20,21);1H. The maximum atomic E-state index is 9.58. The van der Waals surface area contributed by atoms with Crippen LogP contribution in [0.25, 0.3) is 0 Å². The molecule has 142 valence electrons. The maximum Gasteiger partial charge on any atom is 0.191 e. The summed E-state index contributed by atoms with van der Waals surface area (Å²) in [5.41, 5.74) is 0. The third-order valence-corrected chi connectivity index (χ3v) is 4.05. The molecule has 1 aliphatic rings. The van der Waals surface area contributed by atoms with Gasteiger partial charge in [-0.3, -0.25) is 0 Å². The second-order valence-corrected chi connectivity index (χ2v) is 5.94. The molecule has 0 aliphatic heterocycles. The van der Waals surface area contributed by atoms with Gasteiger partial charge in [-0.1, -0.05) is 6.07 Å². The van der Waals surface area contributed by atoms with Gasteiger partial charge in [0.15, 0.2) is 5.96 Å². The summed E-state index contributed by atoms with van der Waals surface area (Å²) in [5.74, 6) is 2.38. The van der Waals surface area contributed by atoms with Gasteiger partial charge in [0.05, 0.1) is 19.8 Å². The third-order valence-electron chi connectivity index (χ3n) is 4.05. The number of nitrogens with one attached hydrogen (secondary N) is 2. The molecule has 1 aliphatic carbocycles. The zero-order valence-electron chi connectivity index (χ0n) is 15.0. The molecule has 0 spiro atoms. The van der Waals surface area contributed by atoms with Crippen LogP contribution in [-0.2, 0) is 0 Å². The van der Waals surface area contributed by atoms with Crippen LogP contribution in [-0.4, -0.2) is 50.0 Å². The minimum absolute atomic E-state index is 0. The molecule has 1 saturated carbocycles. The van der Waals surface area contributed by atoms with E-state index in [1.54, 1.807) is 7.11 Å². The summed E-state index contributed by atoms with van der Waals surface area (Å²) in [6, 6.07) is 7.94. The highest BCUT2D eigenvalue weighted by Gasteiger charge is 2.19. The Bertz CT molecular complexity index is 520. The highest BCUT2D eigenvalue weighted by Crippen LogP contribution is 2.19. The molecule has 7 heteroatoms. The summed E-state index contributed by atoms with van der Waals surface area (Å²) in [7, 11) is 1.64. The average molecular weight is 463 g/mol. The Kier molecular flexibility index (Phi) is 10.6. The molecule has 0 aromatic heterocycles. The molecule has 2 rings (SSSR count). The predicted octanol–water partition coefficient (Wildman–Crippen LogP) is 2.55. The molecule has 3 N–H and O–H groups in total. The molecule has 0 amide bonds. The number of benzene rings is 1. The fraction of sp³-hybridized carbons (Fsp3) is 0.611. The van der Waals surface area contributed by atoms with Crippen molar-refractivity contribution in [1.82, 2.24) is 10.6 Å². The average Bonchev–Trinajstić information content (AvgIpc) is 2.61. The second kappa shape index (κ2) is 12.2.